The molecule has 0 aliphatic carbocycles. The van der Waals surface area contributed by atoms with E-state index in [1.54, 1.807) is 39.8 Å². The van der Waals surface area contributed by atoms with Gasteiger partial charge in [0.2, 0.25) is 11.6 Å². The lowest BCUT2D eigenvalue weighted by Crippen LogP contribution is -2.38. The maximum absolute atomic E-state index is 12.5. The molecule has 6 nitrogen and oxygen atoms in total. The summed E-state index contributed by atoms with van der Waals surface area (Å²) in [7, 11) is 0. The van der Waals surface area contributed by atoms with Gasteiger partial charge in [-0.15, -0.1) is 0 Å². The van der Waals surface area contributed by atoms with Crippen molar-refractivity contribution in [2.24, 2.45) is 5.41 Å². The zero-order chi connectivity index (χ0) is 19.7. The Kier molecular flexibility index (Phi) is 5.20. The van der Waals surface area contributed by atoms with E-state index in [-0.39, 0.29) is 12.4 Å². The number of ketones is 1. The van der Waals surface area contributed by atoms with Crippen molar-refractivity contribution in [3.63, 3.8) is 0 Å². The highest BCUT2D eigenvalue weighted by Gasteiger charge is 2.38. The number of hydrogen-bond acceptors (Lipinski definition) is 5. The molecule has 26 heavy (non-hydrogen) atoms. The summed E-state index contributed by atoms with van der Waals surface area (Å²) in [5.41, 5.74) is 0.980. The van der Waals surface area contributed by atoms with Crippen LogP contribution in [0.5, 0.6) is 0 Å². The summed E-state index contributed by atoms with van der Waals surface area (Å²) in [6, 6.07) is 4.72. The molecule has 0 spiro atoms. The van der Waals surface area contributed by atoms with E-state index in [1.807, 2.05) is 0 Å². The first kappa shape index (κ1) is 19.6. The van der Waals surface area contributed by atoms with Crippen LogP contribution in [-0.2, 0) is 22.3 Å². The first-order valence-corrected chi connectivity index (χ1v) is 7.73. The van der Waals surface area contributed by atoms with Crippen molar-refractivity contribution in [2.75, 3.05) is 0 Å². The summed E-state index contributed by atoms with van der Waals surface area (Å²) in [4.78, 5) is 27.1. The third-order valence-corrected chi connectivity index (χ3v) is 3.60. The predicted octanol–water partition coefficient (Wildman–Crippen LogP) is 3.30. The van der Waals surface area contributed by atoms with Gasteiger partial charge in [-0.3, -0.25) is 9.59 Å². The number of carbonyl (C=O) groups is 2. The van der Waals surface area contributed by atoms with Gasteiger partial charge < -0.3 is 9.84 Å². The zero-order valence-corrected chi connectivity index (χ0v) is 14.7. The number of halogens is 3. The number of benzene rings is 1. The third kappa shape index (κ3) is 4.47. The number of aromatic nitrogens is 2. The topological polar surface area (TPSA) is 85.1 Å². The van der Waals surface area contributed by atoms with E-state index in [0.717, 1.165) is 0 Å². The van der Waals surface area contributed by atoms with Gasteiger partial charge in [0.05, 0.1) is 0 Å². The van der Waals surface area contributed by atoms with Gasteiger partial charge in [0.1, 0.15) is 0 Å². The summed E-state index contributed by atoms with van der Waals surface area (Å²) in [5.74, 6) is -2.81. The molecular weight excluding hydrogens is 351 g/mol. The van der Waals surface area contributed by atoms with Crippen molar-refractivity contribution in [2.45, 2.75) is 40.4 Å². The number of amides is 1. The molecule has 2 aromatic rings. The predicted molar refractivity (Wildman–Crippen MR) is 85.8 cm³/mol. The smallest absolute Gasteiger partial charge is 0.345 e. The Bertz CT molecular complexity index is 836. The van der Waals surface area contributed by atoms with Gasteiger partial charge in [-0.25, -0.2) is 0 Å². The molecule has 1 aromatic carbocycles. The number of nitrogens with zero attached hydrogens (tertiary/aromatic N) is 2. The summed E-state index contributed by atoms with van der Waals surface area (Å²) in [5, 5.41) is 5.87. The second kappa shape index (κ2) is 6.89. The Morgan fingerprint density at radius 3 is 2.35 bits per heavy atom. The van der Waals surface area contributed by atoms with Crippen molar-refractivity contribution in [3.8, 4) is 11.4 Å². The van der Waals surface area contributed by atoms with Crippen LogP contribution in [0.3, 0.4) is 0 Å². The van der Waals surface area contributed by atoms with Crippen molar-refractivity contribution in [1.29, 1.82) is 0 Å². The van der Waals surface area contributed by atoms with E-state index >= 15 is 0 Å². The van der Waals surface area contributed by atoms with Crippen LogP contribution < -0.4 is 5.32 Å². The molecule has 1 aromatic heterocycles. The first-order chi connectivity index (χ1) is 11.9. The fourth-order valence-corrected chi connectivity index (χ4v) is 2.09. The third-order valence-electron chi connectivity index (χ3n) is 3.60. The molecule has 0 aliphatic rings. The van der Waals surface area contributed by atoms with E-state index in [2.05, 4.69) is 20.0 Å². The lowest BCUT2D eigenvalue weighted by molar-refractivity contribution is -0.159. The normalized spacial score (nSPS) is 12.1. The minimum absolute atomic E-state index is 0.118. The molecule has 1 amide bonds. The maximum Gasteiger partial charge on any atom is 0.471 e. The van der Waals surface area contributed by atoms with E-state index in [9.17, 15) is 22.8 Å². The number of carbonyl (C=O) groups excluding carboxylic acids is 2. The van der Waals surface area contributed by atoms with Gasteiger partial charge in [0.15, 0.2) is 0 Å². The molecule has 140 valence electrons. The van der Waals surface area contributed by atoms with Crippen LogP contribution in [0.1, 0.15) is 37.8 Å². The van der Waals surface area contributed by atoms with E-state index in [1.165, 1.54) is 6.07 Å². The quantitative estimate of drug-likeness (QED) is 0.836. The van der Waals surface area contributed by atoms with Gasteiger partial charge in [-0.2, -0.15) is 18.2 Å². The van der Waals surface area contributed by atoms with Gasteiger partial charge in [0.25, 0.3) is 5.91 Å². The second-order valence-corrected chi connectivity index (χ2v) is 6.82. The number of hydrogen-bond donors (Lipinski definition) is 1. The molecule has 0 unspecified atom stereocenters. The minimum atomic E-state index is -4.70. The Hall–Kier alpha value is -2.71. The van der Waals surface area contributed by atoms with Crippen LogP contribution in [0, 0.1) is 12.3 Å². The summed E-state index contributed by atoms with van der Waals surface area (Å²) < 4.78 is 41.8. The largest absolute Gasteiger partial charge is 0.471 e. The molecule has 1 N–H and O–H groups in total. The van der Waals surface area contributed by atoms with Crippen LogP contribution in [0.2, 0.25) is 0 Å². The van der Waals surface area contributed by atoms with Gasteiger partial charge in [0, 0.05) is 17.5 Å². The fourth-order valence-electron chi connectivity index (χ4n) is 2.09. The number of aryl methyl sites for hydroxylation is 1. The molecule has 0 saturated heterocycles. The number of rotatable bonds is 4. The summed E-state index contributed by atoms with van der Waals surface area (Å²) in [6.45, 7) is 6.79. The molecule has 0 fully saturated rings. The molecule has 0 atom stereocenters. The summed E-state index contributed by atoms with van der Waals surface area (Å²) >= 11 is 0. The van der Waals surface area contributed by atoms with Crippen LogP contribution in [0.4, 0.5) is 13.2 Å². The monoisotopic (exact) mass is 369 g/mol. The molecule has 0 bridgehead atoms. The van der Waals surface area contributed by atoms with Crippen molar-refractivity contribution < 1.29 is 27.3 Å². The Morgan fingerprint density at radius 2 is 1.85 bits per heavy atom. The van der Waals surface area contributed by atoms with Crippen LogP contribution in [-0.4, -0.2) is 21.8 Å². The van der Waals surface area contributed by atoms with Crippen LogP contribution >= 0.6 is 0 Å². The SMILES string of the molecule is Cc1cc(-c2noc(C(F)(F)F)n2)ccc1CNC(=O)C(=O)C(C)(C)C. The average Bonchev–Trinajstić information content (AvgIpc) is 3.02. The second-order valence-electron chi connectivity index (χ2n) is 6.82. The highest BCUT2D eigenvalue weighted by Crippen LogP contribution is 2.29. The van der Waals surface area contributed by atoms with Crippen molar-refractivity contribution >= 4 is 11.7 Å². The Labute approximate surface area is 147 Å². The molecule has 0 saturated carbocycles. The minimum Gasteiger partial charge on any atom is -0.345 e. The lowest BCUT2D eigenvalue weighted by atomic mass is 9.90. The van der Waals surface area contributed by atoms with E-state index in [4.69, 9.17) is 0 Å². The average molecular weight is 369 g/mol. The van der Waals surface area contributed by atoms with Crippen molar-refractivity contribution in [1.82, 2.24) is 15.5 Å². The zero-order valence-electron chi connectivity index (χ0n) is 14.7. The Morgan fingerprint density at radius 1 is 1.19 bits per heavy atom. The first-order valence-electron chi connectivity index (χ1n) is 7.73. The number of nitrogens with one attached hydrogen (secondary N) is 1. The molecule has 0 aliphatic heterocycles. The highest BCUT2D eigenvalue weighted by atomic mass is 19.4. The van der Waals surface area contributed by atoms with Crippen LogP contribution in [0.15, 0.2) is 22.7 Å². The van der Waals surface area contributed by atoms with Crippen molar-refractivity contribution in [3.05, 3.63) is 35.2 Å². The number of Topliss-reactive ketones (excluding diaryl/α,β-unsaturated/α-hetero) is 1. The summed E-state index contributed by atoms with van der Waals surface area (Å²) in [6.07, 6.45) is -4.70. The van der Waals surface area contributed by atoms with Gasteiger partial charge in [-0.05, 0) is 24.1 Å². The molecule has 1 heterocycles. The fraction of sp³-hybridized carbons (Fsp3) is 0.412. The van der Waals surface area contributed by atoms with Gasteiger partial charge in [-0.1, -0.05) is 38.1 Å². The molecule has 2 rings (SSSR count). The Balaban J connectivity index is 2.11. The molecule has 9 heteroatoms. The van der Waals surface area contributed by atoms with E-state index < -0.39 is 29.2 Å². The highest BCUT2D eigenvalue weighted by molar-refractivity contribution is 6.37. The standard InChI is InChI=1S/C17H18F3N3O3/c1-9-7-10(13-22-15(26-23-13)17(18,19)20)5-6-11(9)8-21-14(25)12(24)16(2,3)4/h5-7H,8H2,1-4H3,(H,21,25). The van der Waals surface area contributed by atoms with Gasteiger partial charge >= 0.3 is 12.1 Å². The molecule has 0 radical (unpaired) electrons. The molecular formula is C17H18F3N3O3. The van der Waals surface area contributed by atoms with E-state index in [0.29, 0.717) is 16.7 Å². The maximum atomic E-state index is 12.5. The number of alkyl halides is 3. The lowest BCUT2D eigenvalue weighted by Gasteiger charge is -2.16. The van der Waals surface area contributed by atoms with Crippen LogP contribution in [0.25, 0.3) is 11.4 Å².